The third kappa shape index (κ3) is 8.18. The van der Waals surface area contributed by atoms with Crippen molar-refractivity contribution in [3.8, 4) is 44.6 Å². The minimum absolute atomic E-state index is 0. The molecular formula is C63H38IrN3O5. The molecule has 0 saturated heterocycles. The fourth-order valence-corrected chi connectivity index (χ4v) is 9.95. The van der Waals surface area contributed by atoms with E-state index < -0.39 is 11.3 Å². The first-order chi connectivity index (χ1) is 35.0. The first-order valence-corrected chi connectivity index (χ1v) is 23.5. The van der Waals surface area contributed by atoms with Crippen LogP contribution in [0.25, 0.3) is 110 Å². The zero-order chi connectivity index (χ0) is 47.4. The van der Waals surface area contributed by atoms with Gasteiger partial charge in [-0.05, 0) is 99.6 Å². The van der Waals surface area contributed by atoms with E-state index in [9.17, 15) is 9.59 Å². The molecule has 0 saturated carbocycles. The Bertz CT molecular complexity index is 4210. The summed E-state index contributed by atoms with van der Waals surface area (Å²) in [6.07, 6.45) is 8.30. The van der Waals surface area contributed by atoms with Gasteiger partial charge in [-0.2, -0.15) is 0 Å². The molecule has 6 heterocycles. The number of pyridine rings is 3. The van der Waals surface area contributed by atoms with Crippen LogP contribution in [0.2, 0.25) is 0 Å². The maximum absolute atomic E-state index is 13.2. The van der Waals surface area contributed by atoms with Crippen molar-refractivity contribution in [3.63, 3.8) is 0 Å². The number of aromatic nitrogens is 3. The molecule has 0 unspecified atom stereocenters. The van der Waals surface area contributed by atoms with E-state index in [2.05, 4.69) is 91.0 Å². The summed E-state index contributed by atoms with van der Waals surface area (Å²) in [5, 5.41) is 4.37. The van der Waals surface area contributed by atoms with E-state index >= 15 is 0 Å². The summed E-state index contributed by atoms with van der Waals surface area (Å²) in [4.78, 5) is 41.0. The summed E-state index contributed by atoms with van der Waals surface area (Å²) in [5.41, 5.74) is 14.8. The summed E-state index contributed by atoms with van der Waals surface area (Å²) in [6, 6.07) is 64.1. The van der Waals surface area contributed by atoms with Gasteiger partial charge in [0.2, 0.25) is 0 Å². The van der Waals surface area contributed by atoms with Gasteiger partial charge in [0.1, 0.15) is 11.2 Å². The second-order valence-electron chi connectivity index (χ2n) is 17.9. The molecule has 0 spiro atoms. The molecule has 0 fully saturated rings. The van der Waals surface area contributed by atoms with Gasteiger partial charge in [0.25, 0.3) is 0 Å². The quantitative estimate of drug-likeness (QED) is 0.0756. The van der Waals surface area contributed by atoms with Crippen molar-refractivity contribution in [2.24, 2.45) is 0 Å². The molecule has 0 aliphatic carbocycles. The first-order valence-electron chi connectivity index (χ1n) is 23.5. The maximum atomic E-state index is 13.2. The summed E-state index contributed by atoms with van der Waals surface area (Å²) in [6.45, 7) is 0. The van der Waals surface area contributed by atoms with Gasteiger partial charge in [-0.15, -0.1) is 84.4 Å². The van der Waals surface area contributed by atoms with Crippen molar-refractivity contribution >= 4 is 65.7 Å². The Labute approximate surface area is 425 Å². The summed E-state index contributed by atoms with van der Waals surface area (Å²) >= 11 is 0. The minimum atomic E-state index is -0.420. The largest absolute Gasteiger partial charge is 3.00 e. The Kier molecular flexibility index (Phi) is 11.5. The molecule has 13 aromatic rings. The molecular weight excluding hydrogens is 1070 g/mol. The van der Waals surface area contributed by atoms with Crippen LogP contribution in [-0.4, -0.2) is 15.0 Å². The van der Waals surface area contributed by atoms with Gasteiger partial charge in [-0.1, -0.05) is 95.7 Å². The van der Waals surface area contributed by atoms with Gasteiger partial charge in [0, 0.05) is 67.9 Å². The number of rotatable bonds is 10. The number of hydrogen-bond donors (Lipinski definition) is 0. The van der Waals surface area contributed by atoms with E-state index in [1.165, 1.54) is 0 Å². The van der Waals surface area contributed by atoms with Crippen molar-refractivity contribution in [3.05, 3.63) is 244 Å². The van der Waals surface area contributed by atoms with Crippen LogP contribution in [0, 0.1) is 18.2 Å². The van der Waals surface area contributed by atoms with Crippen LogP contribution >= 0.6 is 0 Å². The molecule has 0 radical (unpaired) electrons. The monoisotopic (exact) mass is 1110 g/mol. The normalized spacial score (nSPS) is 11.6. The van der Waals surface area contributed by atoms with Crippen LogP contribution < -0.4 is 11.3 Å². The third-order valence-electron chi connectivity index (χ3n) is 13.4. The number of furan rings is 1. The standard InChI is InChI=1S/C63H38N3O5.Ir/c67-62-52-31-40(35-65-60(52)49-17-7-10-20-57(49)70-62)24-22-38-28-39(23-25-41-32-53-61(66-36-41)50-18-8-11-21-58(50)71-63(53)68)30-44(29-38)45-14-4-5-15-46(45)54-37-64-55(42-12-2-1-3-13-42)34-51(54)43-26-27-48-47-16-6-9-19-56(47)69-59(48)33-43;/h1-12,14-16,19-21,26-37H,22-25H2;/q-3;+3. The summed E-state index contributed by atoms with van der Waals surface area (Å²) in [5.74, 6) is 0. The fraction of sp³-hybridized carbons (Fsp3) is 0.0635. The van der Waals surface area contributed by atoms with Crippen LogP contribution in [0.4, 0.5) is 0 Å². The SMILES string of the molecule is O=c1oc2ccc[c-]c2c2ncc(CCc3cc(CCc4cnc5c(c4)c(=O)oc4ccc[c-]c45)cc(-c4ccccc4-c4cnc(-c5[c-]cccc5)cc4-c4ccc5c(c4)oc4ccccc45)c3)cc12.[Ir+3]. The first kappa shape index (κ1) is 44.6. The predicted molar refractivity (Wildman–Crippen MR) is 280 cm³/mol. The maximum Gasteiger partial charge on any atom is 3.00 e. The average Bonchev–Trinajstić information content (AvgIpc) is 3.80. The van der Waals surface area contributed by atoms with Gasteiger partial charge in [0.05, 0.1) is 0 Å². The van der Waals surface area contributed by atoms with E-state index in [1.54, 1.807) is 36.4 Å². The van der Waals surface area contributed by atoms with Gasteiger partial charge in [0.15, 0.2) is 0 Å². The number of aryl methyl sites for hydroxylation is 4. The topological polar surface area (TPSA) is 112 Å². The fourth-order valence-electron chi connectivity index (χ4n) is 9.95. The smallest absolute Gasteiger partial charge is 0.472 e. The summed E-state index contributed by atoms with van der Waals surface area (Å²) in [7, 11) is 0. The molecule has 6 aromatic heterocycles. The second kappa shape index (κ2) is 18.6. The van der Waals surface area contributed by atoms with E-state index in [0.717, 1.165) is 88.8 Å². The Hall–Kier alpha value is -8.62. The third-order valence-corrected chi connectivity index (χ3v) is 13.4. The molecule has 8 nitrogen and oxygen atoms in total. The van der Waals surface area contributed by atoms with Crippen molar-refractivity contribution < 1.29 is 33.4 Å². The second-order valence-corrected chi connectivity index (χ2v) is 17.9. The van der Waals surface area contributed by atoms with Crippen LogP contribution in [0.15, 0.2) is 205 Å². The van der Waals surface area contributed by atoms with Crippen molar-refractivity contribution in [2.75, 3.05) is 0 Å². The molecule has 13 rings (SSSR count). The van der Waals surface area contributed by atoms with Crippen molar-refractivity contribution in [1.82, 2.24) is 15.0 Å². The minimum Gasteiger partial charge on any atom is -0.472 e. The number of para-hydroxylation sites is 1. The molecule has 7 aromatic carbocycles. The molecule has 72 heavy (non-hydrogen) atoms. The van der Waals surface area contributed by atoms with E-state index in [1.807, 2.05) is 73.2 Å². The van der Waals surface area contributed by atoms with Gasteiger partial charge < -0.3 is 28.2 Å². The van der Waals surface area contributed by atoms with Gasteiger partial charge in [-0.25, -0.2) is 9.59 Å². The van der Waals surface area contributed by atoms with Crippen molar-refractivity contribution in [1.29, 1.82) is 0 Å². The average molecular weight is 1110 g/mol. The van der Waals surface area contributed by atoms with Crippen LogP contribution in [0.5, 0.6) is 0 Å². The number of hydrogen-bond acceptors (Lipinski definition) is 8. The van der Waals surface area contributed by atoms with Crippen LogP contribution in [0.1, 0.15) is 22.3 Å². The Morgan fingerprint density at radius 2 is 0.972 bits per heavy atom. The Morgan fingerprint density at radius 1 is 0.389 bits per heavy atom. The van der Waals surface area contributed by atoms with Crippen LogP contribution in [0.3, 0.4) is 0 Å². The van der Waals surface area contributed by atoms with E-state index in [4.69, 9.17) is 28.2 Å². The molecule has 0 amide bonds. The molecule has 9 heteroatoms. The predicted octanol–water partition coefficient (Wildman–Crippen LogP) is 13.9. The Morgan fingerprint density at radius 3 is 1.64 bits per heavy atom. The zero-order valence-electron chi connectivity index (χ0n) is 38.4. The van der Waals surface area contributed by atoms with Gasteiger partial charge in [-0.3, -0.25) is 0 Å². The molecule has 0 bridgehead atoms. The molecule has 344 valence electrons. The number of benzene rings is 7. The summed E-state index contributed by atoms with van der Waals surface area (Å²) < 4.78 is 17.7. The molecule has 0 aliphatic heterocycles. The Balaban J connectivity index is 0.00000530. The number of nitrogens with zero attached hydrogens (tertiary/aromatic N) is 3. The van der Waals surface area contributed by atoms with Gasteiger partial charge >= 0.3 is 31.4 Å². The van der Waals surface area contributed by atoms with Crippen molar-refractivity contribution in [2.45, 2.75) is 25.7 Å². The number of fused-ring (bicyclic) bond motifs is 9. The van der Waals surface area contributed by atoms with E-state index in [-0.39, 0.29) is 20.1 Å². The van der Waals surface area contributed by atoms with Crippen LogP contribution in [-0.2, 0) is 45.8 Å². The van der Waals surface area contributed by atoms with E-state index in [0.29, 0.717) is 69.4 Å². The molecule has 0 atom stereocenters. The molecule has 0 N–H and O–H groups in total. The molecule has 0 aliphatic rings. The zero-order valence-corrected chi connectivity index (χ0v) is 40.8.